The van der Waals surface area contributed by atoms with Crippen molar-refractivity contribution in [3.8, 4) is 0 Å². The first kappa shape index (κ1) is 12.9. The van der Waals surface area contributed by atoms with Crippen molar-refractivity contribution in [2.24, 2.45) is 17.2 Å². The Morgan fingerprint density at radius 1 is 1.14 bits per heavy atom. The minimum Gasteiger partial charge on any atom is -0.369 e. The number of amides is 2. The molecule has 6 nitrogen and oxygen atoms in total. The van der Waals surface area contributed by atoms with Gasteiger partial charge in [0.1, 0.15) is 0 Å². The smallest absolute Gasteiger partial charge is 0.231 e. The summed E-state index contributed by atoms with van der Waals surface area (Å²) in [5.41, 5.74) is 15.1. The fourth-order valence-electron chi connectivity index (χ4n) is 0.989. The summed E-state index contributed by atoms with van der Waals surface area (Å²) in [6.45, 7) is 3.91. The van der Waals surface area contributed by atoms with Crippen molar-refractivity contribution in [2.45, 2.75) is 19.4 Å². The lowest BCUT2D eigenvalue weighted by Gasteiger charge is -2.35. The van der Waals surface area contributed by atoms with Gasteiger partial charge in [0.2, 0.25) is 11.8 Å². The zero-order chi connectivity index (χ0) is 11.4. The molecule has 0 aromatic rings. The monoisotopic (exact) mass is 202 g/mol. The van der Waals surface area contributed by atoms with Crippen molar-refractivity contribution in [3.63, 3.8) is 0 Å². The van der Waals surface area contributed by atoms with Crippen LogP contribution in [-0.2, 0) is 9.59 Å². The molecule has 0 atom stereocenters. The topological polar surface area (TPSA) is 115 Å². The van der Waals surface area contributed by atoms with Crippen molar-refractivity contribution < 1.29 is 9.59 Å². The maximum atomic E-state index is 10.7. The van der Waals surface area contributed by atoms with E-state index in [-0.39, 0.29) is 13.1 Å². The van der Waals surface area contributed by atoms with Crippen LogP contribution in [0.5, 0.6) is 0 Å². The lowest BCUT2D eigenvalue weighted by molar-refractivity contribution is -0.124. The molecule has 0 heterocycles. The van der Waals surface area contributed by atoms with E-state index >= 15 is 0 Å². The normalized spacial score (nSPS) is 11.7. The molecule has 0 bridgehead atoms. The van der Waals surface area contributed by atoms with Crippen LogP contribution in [-0.4, -0.2) is 41.9 Å². The molecule has 0 fully saturated rings. The second-order valence-electron chi connectivity index (χ2n) is 3.81. The number of carbonyl (C=O) groups excluding carboxylic acids is 2. The summed E-state index contributed by atoms with van der Waals surface area (Å²) in [6.07, 6.45) is 0. The summed E-state index contributed by atoms with van der Waals surface area (Å²) >= 11 is 0. The van der Waals surface area contributed by atoms with Crippen molar-refractivity contribution in [1.29, 1.82) is 0 Å². The van der Waals surface area contributed by atoms with E-state index in [1.807, 2.05) is 13.8 Å². The van der Waals surface area contributed by atoms with E-state index in [4.69, 9.17) is 17.2 Å². The molecule has 14 heavy (non-hydrogen) atoms. The number of nitrogens with zero attached hydrogens (tertiary/aromatic N) is 1. The van der Waals surface area contributed by atoms with Crippen LogP contribution >= 0.6 is 0 Å². The zero-order valence-electron chi connectivity index (χ0n) is 8.62. The molecule has 0 aromatic carbocycles. The third-order valence-electron chi connectivity index (χ3n) is 2.05. The third-order valence-corrected chi connectivity index (χ3v) is 2.05. The number of hydrogen-bond acceptors (Lipinski definition) is 4. The maximum Gasteiger partial charge on any atom is 0.231 e. The molecule has 6 heteroatoms. The van der Waals surface area contributed by atoms with Gasteiger partial charge in [-0.2, -0.15) is 0 Å². The zero-order valence-corrected chi connectivity index (χ0v) is 8.62. The first-order valence-electron chi connectivity index (χ1n) is 4.31. The van der Waals surface area contributed by atoms with Gasteiger partial charge in [0.25, 0.3) is 0 Å². The lowest BCUT2D eigenvalue weighted by atomic mass is 10.0. The molecule has 0 rings (SSSR count). The predicted octanol–water partition coefficient (Wildman–Crippen LogP) is -2.00. The number of carbonyl (C=O) groups is 2. The Kier molecular flexibility index (Phi) is 4.52. The molecule has 0 aliphatic rings. The lowest BCUT2D eigenvalue weighted by Crippen LogP contribution is -2.54. The van der Waals surface area contributed by atoms with Crippen molar-refractivity contribution in [2.75, 3.05) is 19.6 Å². The predicted molar refractivity (Wildman–Crippen MR) is 53.1 cm³/mol. The Bertz CT molecular complexity index is 211. The fraction of sp³-hybridized carbons (Fsp3) is 0.750. The van der Waals surface area contributed by atoms with Gasteiger partial charge in [0.05, 0.1) is 13.1 Å². The summed E-state index contributed by atoms with van der Waals surface area (Å²) in [5, 5.41) is 0. The molecular formula is C8H18N4O2. The van der Waals surface area contributed by atoms with Gasteiger partial charge in [0, 0.05) is 12.1 Å². The highest BCUT2D eigenvalue weighted by Gasteiger charge is 2.27. The van der Waals surface area contributed by atoms with E-state index in [9.17, 15) is 9.59 Å². The molecule has 0 aromatic heterocycles. The van der Waals surface area contributed by atoms with Crippen LogP contribution < -0.4 is 17.2 Å². The molecule has 0 aliphatic heterocycles. The summed E-state index contributed by atoms with van der Waals surface area (Å²) < 4.78 is 0. The molecular weight excluding hydrogens is 184 g/mol. The summed E-state index contributed by atoms with van der Waals surface area (Å²) in [7, 11) is 0. The Balaban J connectivity index is 4.53. The molecule has 0 radical (unpaired) electrons. The molecule has 0 unspecified atom stereocenters. The fourth-order valence-corrected chi connectivity index (χ4v) is 0.989. The van der Waals surface area contributed by atoms with Gasteiger partial charge in [-0.05, 0) is 13.8 Å². The summed E-state index contributed by atoms with van der Waals surface area (Å²) in [5.74, 6) is -1.01. The van der Waals surface area contributed by atoms with Crippen molar-refractivity contribution in [1.82, 2.24) is 4.90 Å². The van der Waals surface area contributed by atoms with Crippen molar-refractivity contribution in [3.05, 3.63) is 0 Å². The quantitative estimate of drug-likeness (QED) is 0.461. The Morgan fingerprint density at radius 3 is 1.71 bits per heavy atom. The Labute approximate surface area is 83.4 Å². The minimum absolute atomic E-state index is 0.0207. The second kappa shape index (κ2) is 4.92. The maximum absolute atomic E-state index is 10.7. The van der Waals surface area contributed by atoms with Gasteiger partial charge in [-0.1, -0.05) is 0 Å². The highest BCUT2D eigenvalue weighted by Crippen LogP contribution is 2.11. The van der Waals surface area contributed by atoms with Gasteiger partial charge in [-0.15, -0.1) is 0 Å². The van der Waals surface area contributed by atoms with Gasteiger partial charge < -0.3 is 17.2 Å². The van der Waals surface area contributed by atoms with Crippen LogP contribution in [0.15, 0.2) is 0 Å². The number of rotatable bonds is 6. The van der Waals surface area contributed by atoms with Gasteiger partial charge in [-0.3, -0.25) is 14.5 Å². The van der Waals surface area contributed by atoms with Crippen LogP contribution in [0.25, 0.3) is 0 Å². The van der Waals surface area contributed by atoms with Crippen LogP contribution in [0.3, 0.4) is 0 Å². The highest BCUT2D eigenvalue weighted by atomic mass is 16.2. The van der Waals surface area contributed by atoms with Crippen LogP contribution in [0, 0.1) is 0 Å². The Morgan fingerprint density at radius 2 is 1.50 bits per heavy atom. The first-order valence-corrected chi connectivity index (χ1v) is 4.31. The SMILES string of the molecule is CC(C)(CN)N(CC(N)=O)CC(N)=O. The van der Waals surface area contributed by atoms with Crippen LogP contribution in [0.2, 0.25) is 0 Å². The van der Waals surface area contributed by atoms with Gasteiger partial charge in [-0.25, -0.2) is 0 Å². The molecule has 0 saturated heterocycles. The highest BCUT2D eigenvalue weighted by molar-refractivity contribution is 5.79. The van der Waals surface area contributed by atoms with Gasteiger partial charge >= 0.3 is 0 Å². The average Bonchev–Trinajstić information content (AvgIpc) is 2.01. The van der Waals surface area contributed by atoms with Gasteiger partial charge in [0.15, 0.2) is 0 Å². The number of primary amides is 2. The van der Waals surface area contributed by atoms with Crippen molar-refractivity contribution >= 4 is 11.8 Å². The van der Waals surface area contributed by atoms with E-state index in [1.165, 1.54) is 0 Å². The van der Waals surface area contributed by atoms with E-state index in [2.05, 4.69) is 0 Å². The van der Waals surface area contributed by atoms with E-state index in [0.717, 1.165) is 0 Å². The van der Waals surface area contributed by atoms with E-state index in [0.29, 0.717) is 6.54 Å². The standard InChI is InChI=1S/C8H18N4O2/c1-8(2,5-9)12(3-6(10)13)4-7(11)14/h3-5,9H2,1-2H3,(H2,10,13)(H2,11,14). The van der Waals surface area contributed by atoms with E-state index in [1.54, 1.807) is 4.90 Å². The summed E-state index contributed by atoms with van der Waals surface area (Å²) in [4.78, 5) is 23.0. The molecule has 82 valence electrons. The van der Waals surface area contributed by atoms with Crippen LogP contribution in [0.1, 0.15) is 13.8 Å². The number of hydrogen-bond donors (Lipinski definition) is 3. The largest absolute Gasteiger partial charge is 0.369 e. The molecule has 2 amide bonds. The summed E-state index contributed by atoms with van der Waals surface area (Å²) in [6, 6.07) is 0. The molecule has 6 N–H and O–H groups in total. The molecule has 0 saturated carbocycles. The molecule has 0 spiro atoms. The number of nitrogens with two attached hydrogens (primary N) is 3. The third kappa shape index (κ3) is 4.20. The second-order valence-corrected chi connectivity index (χ2v) is 3.81. The van der Waals surface area contributed by atoms with Crippen LogP contribution in [0.4, 0.5) is 0 Å². The van der Waals surface area contributed by atoms with E-state index < -0.39 is 17.4 Å². The minimum atomic E-state index is -0.507. The average molecular weight is 202 g/mol. The molecule has 0 aliphatic carbocycles. The first-order chi connectivity index (χ1) is 6.29. The Hall–Kier alpha value is -1.14.